The molecule has 2 atom stereocenters. The number of rotatable bonds is 5. The van der Waals surface area contributed by atoms with E-state index in [4.69, 9.17) is 4.74 Å². The van der Waals surface area contributed by atoms with Crippen LogP contribution in [0.2, 0.25) is 0 Å². The highest BCUT2D eigenvalue weighted by molar-refractivity contribution is 7.22. The average Bonchev–Trinajstić information content (AvgIpc) is 3.27. The number of thiazole rings is 1. The summed E-state index contributed by atoms with van der Waals surface area (Å²) in [5.74, 6) is -1.30. The van der Waals surface area contributed by atoms with Gasteiger partial charge in [-0.25, -0.2) is 13.8 Å². The second-order valence-electron chi connectivity index (χ2n) is 6.71. The molecule has 2 N–H and O–H groups in total. The summed E-state index contributed by atoms with van der Waals surface area (Å²) in [5, 5.41) is 7.03. The number of ether oxygens (including phenoxy) is 1. The van der Waals surface area contributed by atoms with Crippen LogP contribution in [0.5, 0.6) is 5.75 Å². The first-order valence-corrected chi connectivity index (χ1v) is 9.83. The summed E-state index contributed by atoms with van der Waals surface area (Å²) in [6.07, 6.45) is 2.62. The number of amides is 1. The van der Waals surface area contributed by atoms with E-state index < -0.39 is 5.82 Å². The van der Waals surface area contributed by atoms with Gasteiger partial charge in [-0.1, -0.05) is 17.4 Å². The van der Waals surface area contributed by atoms with Crippen molar-refractivity contribution < 1.29 is 18.3 Å². The molecule has 0 saturated heterocycles. The molecule has 0 spiro atoms. The minimum atomic E-state index is -0.571. The maximum atomic E-state index is 13.9. The van der Waals surface area contributed by atoms with Gasteiger partial charge in [0.25, 0.3) is 5.91 Å². The lowest BCUT2D eigenvalue weighted by Crippen LogP contribution is -2.43. The normalized spacial score (nSPS) is 19.0. The molecule has 2 aromatic carbocycles. The first-order chi connectivity index (χ1) is 13.5. The Balaban J connectivity index is 1.49. The van der Waals surface area contributed by atoms with Crippen molar-refractivity contribution in [3.8, 4) is 5.75 Å². The van der Waals surface area contributed by atoms with E-state index in [2.05, 4.69) is 15.6 Å². The number of benzene rings is 2. The standard InChI is InChI=1S/C20H19F2N3O2S/c1-27-18-12(4-2-5-13(18)22)19(26)23-14-6-3-7-15(14)24-20-25-16-9-8-11(21)10-17(16)28-20/h2,4-5,8-10,14-15H,3,6-7H2,1H3,(H,23,26)(H,24,25). The van der Waals surface area contributed by atoms with E-state index in [0.717, 1.165) is 29.5 Å². The van der Waals surface area contributed by atoms with Crippen LogP contribution >= 0.6 is 11.3 Å². The summed E-state index contributed by atoms with van der Waals surface area (Å²) in [6.45, 7) is 0. The number of carbonyl (C=O) groups excluding carboxylic acids is 1. The second kappa shape index (κ2) is 7.71. The summed E-state index contributed by atoms with van der Waals surface area (Å²) < 4.78 is 33.1. The minimum Gasteiger partial charge on any atom is -0.493 e. The molecule has 1 aromatic heterocycles. The van der Waals surface area contributed by atoms with Gasteiger partial charge in [0.2, 0.25) is 0 Å². The fraction of sp³-hybridized carbons (Fsp3) is 0.300. The lowest BCUT2D eigenvalue weighted by Gasteiger charge is -2.22. The first-order valence-electron chi connectivity index (χ1n) is 9.01. The number of methoxy groups -OCH3 is 1. The van der Waals surface area contributed by atoms with Crippen molar-refractivity contribution in [3.63, 3.8) is 0 Å². The van der Waals surface area contributed by atoms with Crippen LogP contribution in [0.4, 0.5) is 13.9 Å². The molecule has 146 valence electrons. The number of aromatic nitrogens is 1. The zero-order chi connectivity index (χ0) is 19.7. The fourth-order valence-electron chi connectivity index (χ4n) is 3.57. The van der Waals surface area contributed by atoms with Crippen molar-refractivity contribution >= 4 is 32.6 Å². The number of anilines is 1. The number of fused-ring (bicyclic) bond motifs is 1. The van der Waals surface area contributed by atoms with Gasteiger partial charge in [-0.05, 0) is 49.6 Å². The second-order valence-corrected chi connectivity index (χ2v) is 7.74. The molecule has 1 amide bonds. The topological polar surface area (TPSA) is 63.2 Å². The Morgan fingerprint density at radius 2 is 2.04 bits per heavy atom. The van der Waals surface area contributed by atoms with Crippen LogP contribution in [-0.4, -0.2) is 30.1 Å². The highest BCUT2D eigenvalue weighted by atomic mass is 32.1. The predicted molar refractivity (Wildman–Crippen MR) is 105 cm³/mol. The molecule has 3 aromatic rings. The molecule has 2 unspecified atom stereocenters. The molecular formula is C20H19F2N3O2S. The van der Waals surface area contributed by atoms with Crippen LogP contribution in [-0.2, 0) is 0 Å². The SMILES string of the molecule is COc1c(F)cccc1C(=O)NC1CCCC1Nc1nc2ccc(F)cc2s1. The van der Waals surface area contributed by atoms with Gasteiger partial charge in [0.05, 0.1) is 22.9 Å². The van der Waals surface area contributed by atoms with E-state index >= 15 is 0 Å². The Hall–Kier alpha value is -2.74. The van der Waals surface area contributed by atoms with Crippen LogP contribution in [0.3, 0.4) is 0 Å². The smallest absolute Gasteiger partial charge is 0.255 e. The van der Waals surface area contributed by atoms with Crippen molar-refractivity contribution in [2.75, 3.05) is 12.4 Å². The molecule has 1 aliphatic carbocycles. The predicted octanol–water partition coefficient (Wildman–Crippen LogP) is 4.35. The number of carbonyl (C=O) groups is 1. The van der Waals surface area contributed by atoms with Crippen LogP contribution in [0.25, 0.3) is 10.2 Å². The number of hydrogen-bond donors (Lipinski definition) is 2. The largest absolute Gasteiger partial charge is 0.493 e. The molecule has 1 aliphatic rings. The third kappa shape index (κ3) is 3.64. The van der Waals surface area contributed by atoms with Gasteiger partial charge in [-0.2, -0.15) is 0 Å². The summed E-state index contributed by atoms with van der Waals surface area (Å²) in [7, 11) is 1.34. The lowest BCUT2D eigenvalue weighted by molar-refractivity contribution is 0.0932. The van der Waals surface area contributed by atoms with Crippen molar-refractivity contribution in [3.05, 3.63) is 53.6 Å². The molecule has 0 radical (unpaired) electrons. The number of nitrogens with zero attached hydrogens (tertiary/aromatic N) is 1. The Kier molecular flexibility index (Phi) is 5.13. The molecule has 5 nitrogen and oxygen atoms in total. The highest BCUT2D eigenvalue weighted by Gasteiger charge is 2.30. The van der Waals surface area contributed by atoms with Gasteiger partial charge in [-0.15, -0.1) is 0 Å². The number of hydrogen-bond acceptors (Lipinski definition) is 5. The summed E-state index contributed by atoms with van der Waals surface area (Å²) in [6, 6.07) is 8.65. The molecule has 1 fully saturated rings. The van der Waals surface area contributed by atoms with E-state index in [0.29, 0.717) is 5.13 Å². The van der Waals surface area contributed by atoms with E-state index in [1.165, 1.54) is 48.8 Å². The fourth-order valence-corrected chi connectivity index (χ4v) is 4.52. The van der Waals surface area contributed by atoms with Crippen LogP contribution < -0.4 is 15.4 Å². The number of para-hydroxylation sites is 1. The van der Waals surface area contributed by atoms with Gasteiger partial charge in [-0.3, -0.25) is 4.79 Å². The zero-order valence-electron chi connectivity index (χ0n) is 15.2. The quantitative estimate of drug-likeness (QED) is 0.665. The molecule has 0 bridgehead atoms. The molecule has 8 heteroatoms. The minimum absolute atomic E-state index is 0.00564. The average molecular weight is 403 g/mol. The molecule has 1 saturated carbocycles. The van der Waals surface area contributed by atoms with Gasteiger partial charge in [0.15, 0.2) is 16.7 Å². The van der Waals surface area contributed by atoms with Crippen LogP contribution in [0.1, 0.15) is 29.6 Å². The van der Waals surface area contributed by atoms with Crippen molar-refractivity contribution in [2.45, 2.75) is 31.3 Å². The van der Waals surface area contributed by atoms with E-state index in [1.807, 2.05) is 0 Å². The van der Waals surface area contributed by atoms with Crippen LogP contribution in [0.15, 0.2) is 36.4 Å². The third-order valence-corrected chi connectivity index (χ3v) is 5.86. The maximum absolute atomic E-state index is 13.9. The van der Waals surface area contributed by atoms with Crippen molar-refractivity contribution in [1.29, 1.82) is 0 Å². The summed E-state index contributed by atoms with van der Waals surface area (Å²) >= 11 is 1.38. The van der Waals surface area contributed by atoms with Gasteiger partial charge < -0.3 is 15.4 Å². The van der Waals surface area contributed by atoms with Gasteiger partial charge >= 0.3 is 0 Å². The lowest BCUT2D eigenvalue weighted by atomic mass is 10.1. The molecule has 0 aliphatic heterocycles. The Labute approximate surface area is 164 Å². The van der Waals surface area contributed by atoms with E-state index in [1.54, 1.807) is 6.07 Å². The Bertz CT molecular complexity index is 1020. The first kappa shape index (κ1) is 18.6. The zero-order valence-corrected chi connectivity index (χ0v) is 16.0. The van der Waals surface area contributed by atoms with Crippen molar-refractivity contribution in [1.82, 2.24) is 10.3 Å². The van der Waals surface area contributed by atoms with E-state index in [-0.39, 0.29) is 35.1 Å². The molecule has 1 heterocycles. The van der Waals surface area contributed by atoms with Crippen molar-refractivity contribution in [2.24, 2.45) is 0 Å². The third-order valence-electron chi connectivity index (χ3n) is 4.91. The molecular weight excluding hydrogens is 384 g/mol. The summed E-state index contributed by atoms with van der Waals surface area (Å²) in [5.41, 5.74) is 0.903. The van der Waals surface area contributed by atoms with Crippen LogP contribution in [0, 0.1) is 11.6 Å². The number of nitrogens with one attached hydrogen (secondary N) is 2. The molecule has 4 rings (SSSR count). The van der Waals surface area contributed by atoms with Gasteiger partial charge in [0.1, 0.15) is 5.82 Å². The maximum Gasteiger partial charge on any atom is 0.255 e. The highest BCUT2D eigenvalue weighted by Crippen LogP contribution is 2.30. The monoisotopic (exact) mass is 403 g/mol. The Morgan fingerprint density at radius 3 is 2.86 bits per heavy atom. The van der Waals surface area contributed by atoms with E-state index in [9.17, 15) is 13.6 Å². The summed E-state index contributed by atoms with van der Waals surface area (Å²) in [4.78, 5) is 17.2. The Morgan fingerprint density at radius 1 is 1.21 bits per heavy atom. The number of halogens is 2. The van der Waals surface area contributed by atoms with Gasteiger partial charge in [0, 0.05) is 12.1 Å². The molecule has 28 heavy (non-hydrogen) atoms.